The highest BCUT2D eigenvalue weighted by atomic mass is 35.5. The van der Waals surface area contributed by atoms with Crippen molar-refractivity contribution < 1.29 is 13.6 Å². The van der Waals surface area contributed by atoms with Crippen molar-refractivity contribution in [3.8, 4) is 11.3 Å². The Morgan fingerprint density at radius 2 is 1.85 bits per heavy atom. The van der Waals surface area contributed by atoms with E-state index in [9.17, 15) is 4.79 Å². The van der Waals surface area contributed by atoms with Crippen LogP contribution < -0.4 is 0 Å². The van der Waals surface area contributed by atoms with Crippen molar-refractivity contribution in [1.29, 1.82) is 0 Å². The summed E-state index contributed by atoms with van der Waals surface area (Å²) in [5.41, 5.74) is 2.22. The summed E-state index contributed by atoms with van der Waals surface area (Å²) in [4.78, 5) is 16.7. The quantitative estimate of drug-likeness (QED) is 0.286. The summed E-state index contributed by atoms with van der Waals surface area (Å²) < 4.78 is 11.3. The van der Waals surface area contributed by atoms with Gasteiger partial charge in [-0.3, -0.25) is 4.79 Å². The van der Waals surface area contributed by atoms with Gasteiger partial charge in [-0.1, -0.05) is 47.1 Å². The SMILES string of the molecule is O=C(CSc1nc2ccccc2o1)c1ccc(-c2ccc(Cl)c(Cl)c2)o1. The molecule has 0 atom stereocenters. The molecule has 4 nitrogen and oxygen atoms in total. The molecule has 26 heavy (non-hydrogen) atoms. The van der Waals surface area contributed by atoms with Gasteiger partial charge < -0.3 is 8.83 Å². The first-order chi connectivity index (χ1) is 12.6. The molecule has 4 rings (SSSR count). The molecule has 4 aromatic rings. The van der Waals surface area contributed by atoms with Gasteiger partial charge in [0.25, 0.3) is 5.22 Å². The van der Waals surface area contributed by atoms with Gasteiger partial charge in [0.15, 0.2) is 11.3 Å². The van der Waals surface area contributed by atoms with E-state index in [2.05, 4.69) is 4.98 Å². The summed E-state index contributed by atoms with van der Waals surface area (Å²) in [6, 6.07) is 16.0. The lowest BCUT2D eigenvalue weighted by molar-refractivity contribution is 0.0992. The van der Waals surface area contributed by atoms with E-state index in [1.165, 1.54) is 11.8 Å². The first-order valence-electron chi connectivity index (χ1n) is 7.67. The van der Waals surface area contributed by atoms with Gasteiger partial charge in [0.05, 0.1) is 15.8 Å². The van der Waals surface area contributed by atoms with E-state index in [1.54, 1.807) is 30.3 Å². The van der Waals surface area contributed by atoms with E-state index in [0.717, 1.165) is 11.1 Å². The second-order valence-electron chi connectivity index (χ2n) is 5.45. The number of thioether (sulfide) groups is 1. The maximum Gasteiger partial charge on any atom is 0.257 e. The number of hydrogen-bond donors (Lipinski definition) is 0. The molecule has 0 aliphatic rings. The van der Waals surface area contributed by atoms with Crippen molar-refractivity contribution in [2.24, 2.45) is 0 Å². The van der Waals surface area contributed by atoms with E-state index in [4.69, 9.17) is 32.0 Å². The number of aromatic nitrogens is 1. The highest BCUT2D eigenvalue weighted by molar-refractivity contribution is 7.99. The molecule has 0 unspecified atom stereocenters. The Balaban J connectivity index is 1.46. The predicted molar refractivity (Wildman–Crippen MR) is 103 cm³/mol. The van der Waals surface area contributed by atoms with Crippen LogP contribution in [0.2, 0.25) is 10.0 Å². The molecule has 2 aromatic heterocycles. The molecule has 0 amide bonds. The monoisotopic (exact) mass is 403 g/mol. The van der Waals surface area contributed by atoms with Crippen molar-refractivity contribution in [1.82, 2.24) is 4.98 Å². The van der Waals surface area contributed by atoms with E-state index < -0.39 is 0 Å². The molecular formula is C19H11Cl2NO3S. The molecule has 0 aliphatic heterocycles. The van der Waals surface area contributed by atoms with Gasteiger partial charge in [0.1, 0.15) is 11.3 Å². The third kappa shape index (κ3) is 3.51. The van der Waals surface area contributed by atoms with Crippen LogP contribution in [0.4, 0.5) is 0 Å². The largest absolute Gasteiger partial charge is 0.453 e. The van der Waals surface area contributed by atoms with Crippen LogP contribution in [0, 0.1) is 0 Å². The number of para-hydroxylation sites is 2. The number of oxazole rings is 1. The molecule has 0 saturated carbocycles. The summed E-state index contributed by atoms with van der Waals surface area (Å²) in [6.07, 6.45) is 0. The molecule has 0 saturated heterocycles. The maximum atomic E-state index is 12.4. The topological polar surface area (TPSA) is 56.2 Å². The molecule has 7 heteroatoms. The Bertz CT molecular complexity index is 1070. The zero-order valence-electron chi connectivity index (χ0n) is 13.2. The lowest BCUT2D eigenvalue weighted by Gasteiger charge is -2.00. The number of carbonyl (C=O) groups excluding carboxylic acids is 1. The van der Waals surface area contributed by atoms with Crippen molar-refractivity contribution >= 4 is 51.8 Å². The average molecular weight is 404 g/mol. The lowest BCUT2D eigenvalue weighted by atomic mass is 10.2. The molecule has 2 aromatic carbocycles. The normalized spacial score (nSPS) is 11.2. The zero-order valence-corrected chi connectivity index (χ0v) is 15.6. The number of Topliss-reactive ketones (excluding diaryl/α,β-unsaturated/α-hetero) is 1. The standard InChI is InChI=1S/C19H11Cl2NO3S/c20-12-6-5-11(9-13(12)21)16-7-8-18(24-16)15(23)10-26-19-22-14-3-1-2-4-17(14)25-19/h1-9H,10H2. The number of benzene rings is 2. The van der Waals surface area contributed by atoms with Crippen LogP contribution in [0.1, 0.15) is 10.6 Å². The molecule has 0 aliphatic carbocycles. The van der Waals surface area contributed by atoms with E-state index in [0.29, 0.717) is 26.6 Å². The Hall–Kier alpha value is -2.21. The van der Waals surface area contributed by atoms with Gasteiger partial charge in [-0.15, -0.1) is 0 Å². The number of hydrogen-bond acceptors (Lipinski definition) is 5. The van der Waals surface area contributed by atoms with Gasteiger partial charge in [-0.05, 0) is 42.5 Å². The Kier molecular flexibility index (Phi) is 4.76. The number of rotatable bonds is 5. The first-order valence-corrected chi connectivity index (χ1v) is 9.41. The van der Waals surface area contributed by atoms with Gasteiger partial charge in [-0.25, -0.2) is 4.98 Å². The minimum atomic E-state index is -0.149. The first kappa shape index (κ1) is 17.2. The fourth-order valence-corrected chi connectivity index (χ4v) is 3.41. The molecule has 130 valence electrons. The van der Waals surface area contributed by atoms with Gasteiger partial charge in [0.2, 0.25) is 5.78 Å². The average Bonchev–Trinajstić information content (AvgIpc) is 3.28. The van der Waals surface area contributed by atoms with Crippen molar-refractivity contribution in [3.05, 3.63) is 70.4 Å². The van der Waals surface area contributed by atoms with Crippen LogP contribution in [0.5, 0.6) is 0 Å². The highest BCUT2D eigenvalue weighted by Crippen LogP contribution is 2.30. The van der Waals surface area contributed by atoms with Crippen LogP contribution in [0.15, 0.2) is 68.7 Å². The molecule has 2 heterocycles. The minimum Gasteiger partial charge on any atom is -0.453 e. The van der Waals surface area contributed by atoms with Crippen LogP contribution in [-0.4, -0.2) is 16.5 Å². The third-order valence-corrected chi connectivity index (χ3v) is 5.25. The van der Waals surface area contributed by atoms with Gasteiger partial charge in [-0.2, -0.15) is 0 Å². The van der Waals surface area contributed by atoms with E-state index in [-0.39, 0.29) is 17.3 Å². The van der Waals surface area contributed by atoms with E-state index in [1.807, 2.05) is 24.3 Å². The number of halogens is 2. The molecule has 0 fully saturated rings. The van der Waals surface area contributed by atoms with E-state index >= 15 is 0 Å². The molecule has 0 radical (unpaired) electrons. The summed E-state index contributed by atoms with van der Waals surface area (Å²) in [7, 11) is 0. The van der Waals surface area contributed by atoms with Crippen molar-refractivity contribution in [3.63, 3.8) is 0 Å². The summed E-state index contributed by atoms with van der Waals surface area (Å²) in [5.74, 6) is 0.846. The molecule has 0 bridgehead atoms. The summed E-state index contributed by atoms with van der Waals surface area (Å²) in [6.45, 7) is 0. The molecule has 0 spiro atoms. The smallest absolute Gasteiger partial charge is 0.257 e. The number of furan rings is 1. The predicted octanol–water partition coefficient (Wildman–Crippen LogP) is 6.37. The molecule has 0 N–H and O–H groups in total. The Morgan fingerprint density at radius 1 is 1.00 bits per heavy atom. The number of fused-ring (bicyclic) bond motifs is 1. The van der Waals surface area contributed by atoms with Crippen LogP contribution in [0.25, 0.3) is 22.4 Å². The lowest BCUT2D eigenvalue weighted by Crippen LogP contribution is -2.00. The summed E-state index contributed by atoms with van der Waals surface area (Å²) in [5, 5.41) is 1.35. The second kappa shape index (κ2) is 7.19. The van der Waals surface area contributed by atoms with Crippen molar-refractivity contribution in [2.45, 2.75) is 5.22 Å². The van der Waals surface area contributed by atoms with Crippen LogP contribution >= 0.6 is 35.0 Å². The zero-order chi connectivity index (χ0) is 18.1. The van der Waals surface area contributed by atoms with Crippen LogP contribution in [-0.2, 0) is 0 Å². The number of nitrogens with zero attached hydrogens (tertiary/aromatic N) is 1. The van der Waals surface area contributed by atoms with Crippen LogP contribution in [0.3, 0.4) is 0 Å². The van der Waals surface area contributed by atoms with Crippen molar-refractivity contribution in [2.75, 3.05) is 5.75 Å². The number of carbonyl (C=O) groups is 1. The summed E-state index contributed by atoms with van der Waals surface area (Å²) >= 11 is 13.2. The fourth-order valence-electron chi connectivity index (χ4n) is 2.40. The molecular weight excluding hydrogens is 393 g/mol. The maximum absolute atomic E-state index is 12.4. The Morgan fingerprint density at radius 3 is 2.65 bits per heavy atom. The number of ketones is 1. The fraction of sp³-hybridized carbons (Fsp3) is 0.0526. The highest BCUT2D eigenvalue weighted by Gasteiger charge is 2.15. The van der Waals surface area contributed by atoms with Gasteiger partial charge >= 0.3 is 0 Å². The minimum absolute atomic E-state index is 0.149. The van der Waals surface area contributed by atoms with Gasteiger partial charge in [0, 0.05) is 5.56 Å². The third-order valence-electron chi connectivity index (χ3n) is 3.69. The second-order valence-corrected chi connectivity index (χ2v) is 7.19. The Labute approximate surface area is 163 Å².